The normalized spacial score (nSPS) is 18.0. The van der Waals surface area contributed by atoms with E-state index in [9.17, 15) is 9.90 Å². The van der Waals surface area contributed by atoms with Gasteiger partial charge >= 0.3 is 6.03 Å². The number of rotatable bonds is 7. The Morgan fingerprint density at radius 2 is 2.00 bits per heavy atom. The summed E-state index contributed by atoms with van der Waals surface area (Å²) in [6.45, 7) is 7.03. The predicted molar refractivity (Wildman–Crippen MR) is 96.0 cm³/mol. The lowest BCUT2D eigenvalue weighted by atomic mass is 9.96. The number of nitrogens with one attached hydrogen (secondary N) is 2. The van der Waals surface area contributed by atoms with E-state index in [2.05, 4.69) is 20.5 Å². The van der Waals surface area contributed by atoms with Crippen LogP contribution in [0.4, 0.5) is 10.5 Å². The van der Waals surface area contributed by atoms with E-state index < -0.39 is 6.10 Å². The minimum Gasteiger partial charge on any atom is -0.391 e. The van der Waals surface area contributed by atoms with E-state index in [0.717, 1.165) is 32.4 Å². The first-order valence-corrected chi connectivity index (χ1v) is 8.94. The number of aliphatic hydroxyl groups is 1. The number of carbonyl (C=O) groups excluding carboxylic acids is 1. The molecule has 0 bridgehead atoms. The highest BCUT2D eigenvalue weighted by Gasteiger charge is 2.20. The lowest BCUT2D eigenvalue weighted by Crippen LogP contribution is -2.44. The smallest absolute Gasteiger partial charge is 0.314 e. The van der Waals surface area contributed by atoms with Crippen LogP contribution in [0, 0.1) is 11.8 Å². The number of nitrogens with zero attached hydrogens (tertiary/aromatic N) is 2. The van der Waals surface area contributed by atoms with Crippen LogP contribution < -0.4 is 15.5 Å². The number of hydrogen-bond acceptors (Lipinski definition) is 4. The maximum absolute atomic E-state index is 11.8. The minimum atomic E-state index is -0.482. The molecule has 1 aliphatic rings. The Kier molecular flexibility index (Phi) is 7.31. The topological polar surface area (TPSA) is 77.5 Å². The Bertz CT molecular complexity index is 489. The van der Waals surface area contributed by atoms with Crippen molar-refractivity contribution >= 4 is 11.7 Å². The van der Waals surface area contributed by atoms with Gasteiger partial charge in [0.15, 0.2) is 0 Å². The summed E-state index contributed by atoms with van der Waals surface area (Å²) in [4.78, 5) is 18.2. The molecule has 1 fully saturated rings. The fraction of sp³-hybridized carbons (Fsp3) is 0.667. The molecule has 2 rings (SSSR count). The zero-order valence-electron chi connectivity index (χ0n) is 14.7. The van der Waals surface area contributed by atoms with Crippen molar-refractivity contribution in [2.45, 2.75) is 39.2 Å². The summed E-state index contributed by atoms with van der Waals surface area (Å²) in [6, 6.07) is 3.89. The largest absolute Gasteiger partial charge is 0.391 e. The molecular weight excluding hydrogens is 304 g/mol. The molecule has 134 valence electrons. The van der Waals surface area contributed by atoms with Crippen molar-refractivity contribution in [1.82, 2.24) is 15.6 Å². The summed E-state index contributed by atoms with van der Waals surface area (Å²) in [5.74, 6) is 0.705. The van der Waals surface area contributed by atoms with Gasteiger partial charge in [0, 0.05) is 44.3 Å². The third kappa shape index (κ3) is 5.67. The number of urea groups is 1. The molecule has 1 aromatic rings. The molecule has 1 aliphatic heterocycles. The highest BCUT2D eigenvalue weighted by atomic mass is 16.3. The maximum Gasteiger partial charge on any atom is 0.314 e. The number of pyridine rings is 1. The standard InChI is InChI=1S/C18H30N4O2/c1-3-14(2)17(23)13-21-18(24)20-12-15-6-10-22(11-7-15)16-4-8-19-9-5-16/h4-5,8-9,14-15,17,23H,3,6-7,10-13H2,1-2H3,(H2,20,21,24). The van der Waals surface area contributed by atoms with E-state index in [1.54, 1.807) is 0 Å². The number of piperidine rings is 1. The van der Waals surface area contributed by atoms with Gasteiger partial charge in [-0.3, -0.25) is 4.98 Å². The molecule has 0 aliphatic carbocycles. The van der Waals surface area contributed by atoms with Crippen molar-refractivity contribution in [2.24, 2.45) is 11.8 Å². The highest BCUT2D eigenvalue weighted by Crippen LogP contribution is 2.22. The fourth-order valence-electron chi connectivity index (χ4n) is 2.92. The van der Waals surface area contributed by atoms with Crippen LogP contribution in [-0.2, 0) is 0 Å². The predicted octanol–water partition coefficient (Wildman–Crippen LogP) is 2.00. The van der Waals surface area contributed by atoms with Crippen LogP contribution in [0.2, 0.25) is 0 Å². The van der Waals surface area contributed by atoms with E-state index in [-0.39, 0.29) is 11.9 Å². The number of carbonyl (C=O) groups is 1. The number of anilines is 1. The monoisotopic (exact) mass is 334 g/mol. The lowest BCUT2D eigenvalue weighted by Gasteiger charge is -2.33. The van der Waals surface area contributed by atoms with Gasteiger partial charge < -0.3 is 20.6 Å². The molecule has 3 N–H and O–H groups in total. The SMILES string of the molecule is CCC(C)C(O)CNC(=O)NCC1CCN(c2ccncc2)CC1. The molecule has 1 saturated heterocycles. The van der Waals surface area contributed by atoms with Crippen molar-refractivity contribution in [1.29, 1.82) is 0 Å². The molecule has 2 atom stereocenters. The summed E-state index contributed by atoms with van der Waals surface area (Å²) >= 11 is 0. The second-order valence-corrected chi connectivity index (χ2v) is 6.68. The Hall–Kier alpha value is -1.82. The van der Waals surface area contributed by atoms with Gasteiger partial charge in [-0.05, 0) is 36.8 Å². The van der Waals surface area contributed by atoms with Gasteiger partial charge in [-0.25, -0.2) is 4.79 Å². The molecule has 1 aromatic heterocycles. The molecule has 6 nitrogen and oxygen atoms in total. The third-order valence-electron chi connectivity index (χ3n) is 4.97. The Labute approximate surface area is 144 Å². The van der Waals surface area contributed by atoms with Gasteiger partial charge in [-0.1, -0.05) is 20.3 Å². The van der Waals surface area contributed by atoms with Crippen LogP contribution in [-0.4, -0.2) is 48.4 Å². The third-order valence-corrected chi connectivity index (χ3v) is 4.97. The van der Waals surface area contributed by atoms with Gasteiger partial charge in [-0.15, -0.1) is 0 Å². The summed E-state index contributed by atoms with van der Waals surface area (Å²) in [6.07, 6.45) is 6.20. The van der Waals surface area contributed by atoms with E-state index >= 15 is 0 Å². The van der Waals surface area contributed by atoms with Crippen molar-refractivity contribution in [3.8, 4) is 0 Å². The van der Waals surface area contributed by atoms with Gasteiger partial charge in [0.25, 0.3) is 0 Å². The van der Waals surface area contributed by atoms with Crippen LogP contribution in [0.15, 0.2) is 24.5 Å². The van der Waals surface area contributed by atoms with E-state index in [4.69, 9.17) is 0 Å². The van der Waals surface area contributed by atoms with Crippen molar-refractivity contribution < 1.29 is 9.90 Å². The Morgan fingerprint density at radius 3 is 2.62 bits per heavy atom. The Balaban J connectivity index is 1.63. The fourth-order valence-corrected chi connectivity index (χ4v) is 2.92. The van der Waals surface area contributed by atoms with Crippen molar-refractivity contribution in [2.75, 3.05) is 31.1 Å². The number of aliphatic hydroxyl groups excluding tert-OH is 1. The average Bonchev–Trinajstić information content (AvgIpc) is 2.64. The van der Waals surface area contributed by atoms with Crippen LogP contribution >= 0.6 is 0 Å². The summed E-state index contributed by atoms with van der Waals surface area (Å²) < 4.78 is 0. The van der Waals surface area contributed by atoms with Crippen LogP contribution in [0.1, 0.15) is 33.1 Å². The number of hydrogen-bond donors (Lipinski definition) is 3. The maximum atomic E-state index is 11.8. The zero-order chi connectivity index (χ0) is 17.4. The molecule has 0 aromatic carbocycles. The molecule has 6 heteroatoms. The quantitative estimate of drug-likeness (QED) is 0.713. The van der Waals surface area contributed by atoms with Gasteiger partial charge in [0.05, 0.1) is 6.10 Å². The number of aromatic nitrogens is 1. The van der Waals surface area contributed by atoms with Crippen LogP contribution in [0.5, 0.6) is 0 Å². The first-order chi connectivity index (χ1) is 11.6. The molecule has 2 amide bonds. The summed E-state index contributed by atoms with van der Waals surface area (Å²) in [5.41, 5.74) is 1.22. The average molecular weight is 334 g/mol. The van der Waals surface area contributed by atoms with Crippen molar-refractivity contribution in [3.05, 3.63) is 24.5 Å². The van der Waals surface area contributed by atoms with Gasteiger partial charge in [0.2, 0.25) is 0 Å². The zero-order valence-corrected chi connectivity index (χ0v) is 14.7. The van der Waals surface area contributed by atoms with E-state index in [1.165, 1.54) is 5.69 Å². The molecule has 2 unspecified atom stereocenters. The first kappa shape index (κ1) is 18.5. The van der Waals surface area contributed by atoms with E-state index in [1.807, 2.05) is 38.4 Å². The molecule has 2 heterocycles. The molecule has 24 heavy (non-hydrogen) atoms. The molecule has 0 spiro atoms. The Morgan fingerprint density at radius 1 is 1.33 bits per heavy atom. The molecule has 0 radical (unpaired) electrons. The second kappa shape index (κ2) is 9.47. The van der Waals surface area contributed by atoms with E-state index in [0.29, 0.717) is 19.0 Å². The number of amides is 2. The second-order valence-electron chi connectivity index (χ2n) is 6.68. The lowest BCUT2D eigenvalue weighted by molar-refractivity contribution is 0.114. The summed E-state index contributed by atoms with van der Waals surface area (Å²) in [7, 11) is 0. The molecule has 0 saturated carbocycles. The first-order valence-electron chi connectivity index (χ1n) is 8.94. The van der Waals surface area contributed by atoms with Crippen LogP contribution in [0.25, 0.3) is 0 Å². The molecular formula is C18H30N4O2. The van der Waals surface area contributed by atoms with Crippen molar-refractivity contribution in [3.63, 3.8) is 0 Å². The summed E-state index contributed by atoms with van der Waals surface area (Å²) in [5, 5.41) is 15.6. The van der Waals surface area contributed by atoms with Crippen LogP contribution in [0.3, 0.4) is 0 Å². The highest BCUT2D eigenvalue weighted by molar-refractivity contribution is 5.73. The van der Waals surface area contributed by atoms with Gasteiger partial charge in [-0.2, -0.15) is 0 Å². The van der Waals surface area contributed by atoms with Gasteiger partial charge in [0.1, 0.15) is 0 Å². The minimum absolute atomic E-state index is 0.186.